The quantitative estimate of drug-likeness (QED) is 0.441. The van der Waals surface area contributed by atoms with E-state index in [1.165, 1.54) is 0 Å². The fraction of sp³-hybridized carbons (Fsp3) is 0.130. The molecule has 0 unspecified atom stereocenters. The van der Waals surface area contributed by atoms with E-state index < -0.39 is 0 Å². The third-order valence-corrected chi connectivity index (χ3v) is 4.40. The minimum absolute atomic E-state index is 0.336. The van der Waals surface area contributed by atoms with Crippen LogP contribution in [0.15, 0.2) is 66.9 Å². The van der Waals surface area contributed by atoms with Gasteiger partial charge in [0.25, 0.3) is 0 Å². The molecule has 0 aliphatic rings. The van der Waals surface area contributed by atoms with Gasteiger partial charge in [-0.15, -0.1) is 0 Å². The van der Waals surface area contributed by atoms with Crippen LogP contribution in [0.3, 0.4) is 0 Å². The van der Waals surface area contributed by atoms with Gasteiger partial charge in [-0.25, -0.2) is 9.78 Å². The van der Waals surface area contributed by atoms with Crippen LogP contribution in [-0.4, -0.2) is 27.5 Å². The van der Waals surface area contributed by atoms with E-state index in [-0.39, 0.29) is 5.97 Å². The second kappa shape index (κ2) is 8.57. The standard InChI is InChI=1S/C23H21N5O2/c1-3-30-22(29)17-9-11-18(12-10-17)26-20-14-15(2)25-23(28-20)27-19-8-4-6-16-7-5-13-24-21(16)19/h4-14H,3H2,1-2H3,(H2,25,26,27,28). The zero-order valence-corrected chi connectivity index (χ0v) is 16.7. The van der Waals surface area contributed by atoms with Crippen LogP contribution >= 0.6 is 0 Å². The van der Waals surface area contributed by atoms with Gasteiger partial charge in [-0.2, -0.15) is 4.98 Å². The molecule has 0 aliphatic heterocycles. The number of carbonyl (C=O) groups excluding carboxylic acids is 1. The van der Waals surface area contributed by atoms with Gasteiger partial charge < -0.3 is 15.4 Å². The summed E-state index contributed by atoms with van der Waals surface area (Å²) < 4.78 is 5.01. The smallest absolute Gasteiger partial charge is 0.338 e. The second-order valence-corrected chi connectivity index (χ2v) is 6.65. The molecule has 30 heavy (non-hydrogen) atoms. The first kappa shape index (κ1) is 19.3. The van der Waals surface area contributed by atoms with E-state index in [2.05, 4.69) is 25.6 Å². The topological polar surface area (TPSA) is 89.0 Å². The molecule has 150 valence electrons. The van der Waals surface area contributed by atoms with Crippen LogP contribution < -0.4 is 10.6 Å². The number of pyridine rings is 1. The highest BCUT2D eigenvalue weighted by Crippen LogP contribution is 2.24. The SMILES string of the molecule is CCOC(=O)c1ccc(Nc2cc(C)nc(Nc3cccc4cccnc34)n2)cc1. The molecule has 0 bridgehead atoms. The average Bonchev–Trinajstić information content (AvgIpc) is 2.74. The Morgan fingerprint density at radius 1 is 1.00 bits per heavy atom. The molecule has 2 N–H and O–H groups in total. The molecule has 2 heterocycles. The fourth-order valence-corrected chi connectivity index (χ4v) is 3.07. The molecule has 0 amide bonds. The summed E-state index contributed by atoms with van der Waals surface area (Å²) in [6.45, 7) is 4.04. The average molecular weight is 399 g/mol. The summed E-state index contributed by atoms with van der Waals surface area (Å²) in [6, 6.07) is 18.8. The Bertz CT molecular complexity index is 1190. The molecule has 4 aromatic rings. The molecule has 2 aromatic carbocycles. The molecule has 0 saturated carbocycles. The first-order chi connectivity index (χ1) is 14.6. The van der Waals surface area contributed by atoms with Crippen molar-refractivity contribution in [2.45, 2.75) is 13.8 Å². The maximum Gasteiger partial charge on any atom is 0.338 e. The van der Waals surface area contributed by atoms with Crippen molar-refractivity contribution in [1.82, 2.24) is 15.0 Å². The molecule has 0 aliphatic carbocycles. The molecule has 0 spiro atoms. The lowest BCUT2D eigenvalue weighted by Gasteiger charge is -2.11. The highest BCUT2D eigenvalue weighted by Gasteiger charge is 2.08. The van der Waals surface area contributed by atoms with E-state index in [4.69, 9.17) is 4.74 Å². The van der Waals surface area contributed by atoms with Crippen molar-refractivity contribution < 1.29 is 9.53 Å². The van der Waals surface area contributed by atoms with Crippen LogP contribution in [0.25, 0.3) is 10.9 Å². The van der Waals surface area contributed by atoms with Crippen molar-refractivity contribution in [3.8, 4) is 0 Å². The predicted molar refractivity (Wildman–Crippen MR) is 117 cm³/mol. The Morgan fingerprint density at radius 2 is 1.80 bits per heavy atom. The van der Waals surface area contributed by atoms with Gasteiger partial charge in [-0.05, 0) is 50.2 Å². The van der Waals surface area contributed by atoms with E-state index in [1.54, 1.807) is 25.3 Å². The molecule has 7 heteroatoms. The van der Waals surface area contributed by atoms with Gasteiger partial charge in [0.15, 0.2) is 0 Å². The number of hydrogen-bond donors (Lipinski definition) is 2. The third-order valence-electron chi connectivity index (χ3n) is 4.40. The number of fused-ring (bicyclic) bond motifs is 1. The van der Waals surface area contributed by atoms with Gasteiger partial charge in [0.1, 0.15) is 5.82 Å². The lowest BCUT2D eigenvalue weighted by molar-refractivity contribution is 0.0526. The first-order valence-corrected chi connectivity index (χ1v) is 9.63. The normalized spacial score (nSPS) is 10.6. The predicted octanol–water partition coefficient (Wildman–Crippen LogP) is 5.00. The van der Waals surface area contributed by atoms with E-state index >= 15 is 0 Å². The number of para-hydroxylation sites is 1. The van der Waals surface area contributed by atoms with Crippen LogP contribution in [0.1, 0.15) is 23.0 Å². The van der Waals surface area contributed by atoms with E-state index in [0.29, 0.717) is 23.9 Å². The maximum absolute atomic E-state index is 11.8. The molecular weight excluding hydrogens is 378 g/mol. The fourth-order valence-electron chi connectivity index (χ4n) is 3.07. The summed E-state index contributed by atoms with van der Waals surface area (Å²) in [5.41, 5.74) is 3.81. The number of nitrogens with zero attached hydrogens (tertiary/aromatic N) is 3. The number of carbonyl (C=O) groups is 1. The van der Waals surface area contributed by atoms with Crippen molar-refractivity contribution >= 4 is 40.0 Å². The summed E-state index contributed by atoms with van der Waals surface area (Å²) in [4.78, 5) is 25.3. The summed E-state index contributed by atoms with van der Waals surface area (Å²) >= 11 is 0. The number of aryl methyl sites for hydroxylation is 1. The number of ether oxygens (including phenoxy) is 1. The Morgan fingerprint density at radius 3 is 2.60 bits per heavy atom. The number of benzene rings is 2. The van der Waals surface area contributed by atoms with Crippen LogP contribution in [0, 0.1) is 6.92 Å². The molecule has 0 fully saturated rings. The minimum Gasteiger partial charge on any atom is -0.462 e. The number of nitrogens with one attached hydrogen (secondary N) is 2. The molecule has 0 atom stereocenters. The summed E-state index contributed by atoms with van der Waals surface area (Å²) in [6.07, 6.45) is 1.76. The number of aromatic nitrogens is 3. The van der Waals surface area contributed by atoms with Crippen molar-refractivity contribution in [3.63, 3.8) is 0 Å². The molecule has 0 saturated heterocycles. The Balaban J connectivity index is 1.55. The van der Waals surface area contributed by atoms with E-state index in [9.17, 15) is 4.79 Å². The number of hydrogen-bond acceptors (Lipinski definition) is 7. The maximum atomic E-state index is 11.8. The Labute approximate surface area is 174 Å². The zero-order chi connectivity index (χ0) is 20.9. The minimum atomic E-state index is -0.336. The molecule has 0 radical (unpaired) electrons. The zero-order valence-electron chi connectivity index (χ0n) is 16.7. The molecular formula is C23H21N5O2. The summed E-state index contributed by atoms with van der Waals surface area (Å²) in [7, 11) is 0. The summed E-state index contributed by atoms with van der Waals surface area (Å²) in [5.74, 6) is 0.776. The van der Waals surface area contributed by atoms with Crippen molar-refractivity contribution in [1.29, 1.82) is 0 Å². The lowest BCUT2D eigenvalue weighted by Crippen LogP contribution is -2.05. The third kappa shape index (κ3) is 4.35. The van der Waals surface area contributed by atoms with Crippen LogP contribution in [0.2, 0.25) is 0 Å². The van der Waals surface area contributed by atoms with E-state index in [0.717, 1.165) is 28.0 Å². The summed E-state index contributed by atoms with van der Waals surface area (Å²) in [5, 5.41) is 7.55. The van der Waals surface area contributed by atoms with Crippen LogP contribution in [0.4, 0.5) is 23.1 Å². The monoisotopic (exact) mass is 399 g/mol. The highest BCUT2D eigenvalue weighted by atomic mass is 16.5. The highest BCUT2D eigenvalue weighted by molar-refractivity contribution is 5.91. The lowest BCUT2D eigenvalue weighted by atomic mass is 10.2. The van der Waals surface area contributed by atoms with Gasteiger partial charge >= 0.3 is 5.97 Å². The first-order valence-electron chi connectivity index (χ1n) is 9.63. The van der Waals surface area contributed by atoms with Gasteiger partial charge in [-0.1, -0.05) is 18.2 Å². The molecule has 2 aromatic heterocycles. The number of anilines is 4. The molecule has 7 nitrogen and oxygen atoms in total. The van der Waals surface area contributed by atoms with Gasteiger partial charge in [-0.3, -0.25) is 4.98 Å². The molecule has 4 rings (SSSR count). The van der Waals surface area contributed by atoms with Gasteiger partial charge in [0, 0.05) is 29.0 Å². The van der Waals surface area contributed by atoms with Crippen molar-refractivity contribution in [3.05, 3.63) is 78.1 Å². The van der Waals surface area contributed by atoms with Gasteiger partial charge in [0.05, 0.1) is 23.4 Å². The number of rotatable bonds is 6. The Hall–Kier alpha value is -4.00. The van der Waals surface area contributed by atoms with Crippen LogP contribution in [0.5, 0.6) is 0 Å². The van der Waals surface area contributed by atoms with Gasteiger partial charge in [0.2, 0.25) is 5.95 Å². The Kier molecular flexibility index (Phi) is 5.52. The van der Waals surface area contributed by atoms with E-state index in [1.807, 2.05) is 55.5 Å². The largest absolute Gasteiger partial charge is 0.462 e. The number of esters is 1. The second-order valence-electron chi connectivity index (χ2n) is 6.65. The van der Waals surface area contributed by atoms with Crippen molar-refractivity contribution in [2.75, 3.05) is 17.2 Å². The van der Waals surface area contributed by atoms with Crippen LogP contribution in [-0.2, 0) is 4.74 Å². The van der Waals surface area contributed by atoms with Crippen molar-refractivity contribution in [2.24, 2.45) is 0 Å².